The Morgan fingerprint density at radius 1 is 1.20 bits per heavy atom. The number of aromatic nitrogens is 3. The number of H-pyrrole nitrogens is 1. The molecule has 35 heavy (non-hydrogen) atoms. The molecule has 0 aliphatic heterocycles. The van der Waals surface area contributed by atoms with E-state index in [-0.39, 0.29) is 29.5 Å². The van der Waals surface area contributed by atoms with Crippen molar-refractivity contribution >= 4 is 23.5 Å². The number of aryl methyl sites for hydroxylation is 1. The average molecular weight is 483 g/mol. The number of nitrogen functional groups attached to an aromatic ring is 1. The van der Waals surface area contributed by atoms with Crippen molar-refractivity contribution in [3.63, 3.8) is 0 Å². The van der Waals surface area contributed by atoms with Gasteiger partial charge in [0.2, 0.25) is 0 Å². The van der Waals surface area contributed by atoms with Gasteiger partial charge in [-0.2, -0.15) is 5.26 Å². The monoisotopic (exact) mass is 482 g/mol. The SMILES string of the molecule is CCCCn1c(N)c(N(CC(C)C)C(=O)/C(C#N)=C/c2cc(C)n(CC(C)C)c2C)c(=O)[nH]c1=O. The van der Waals surface area contributed by atoms with Gasteiger partial charge in [-0.15, -0.1) is 0 Å². The van der Waals surface area contributed by atoms with Crippen molar-refractivity contribution in [2.24, 2.45) is 11.8 Å². The number of nitrogens with zero attached hydrogens (tertiary/aromatic N) is 4. The molecule has 0 aliphatic rings. The normalized spacial score (nSPS) is 11.8. The van der Waals surface area contributed by atoms with Gasteiger partial charge in [0.25, 0.3) is 11.5 Å². The summed E-state index contributed by atoms with van der Waals surface area (Å²) in [6.45, 7) is 15.3. The Labute approximate surface area is 206 Å². The van der Waals surface area contributed by atoms with Gasteiger partial charge in [0, 0.05) is 31.0 Å². The van der Waals surface area contributed by atoms with E-state index in [1.54, 1.807) is 6.08 Å². The maximum absolute atomic E-state index is 13.6. The van der Waals surface area contributed by atoms with Crippen LogP contribution in [0.25, 0.3) is 6.08 Å². The van der Waals surface area contributed by atoms with Gasteiger partial charge >= 0.3 is 5.69 Å². The van der Waals surface area contributed by atoms with E-state index in [9.17, 15) is 19.6 Å². The molecule has 0 aliphatic carbocycles. The van der Waals surface area contributed by atoms with Gasteiger partial charge in [-0.25, -0.2) is 4.79 Å². The first-order valence-corrected chi connectivity index (χ1v) is 12.2. The number of rotatable bonds is 10. The molecule has 0 radical (unpaired) electrons. The van der Waals surface area contributed by atoms with Crippen LogP contribution in [0.15, 0.2) is 21.2 Å². The van der Waals surface area contributed by atoms with Crippen molar-refractivity contribution < 1.29 is 4.79 Å². The molecule has 0 atom stereocenters. The number of hydrogen-bond acceptors (Lipinski definition) is 5. The van der Waals surface area contributed by atoms with Crippen LogP contribution < -0.4 is 21.9 Å². The fourth-order valence-electron chi connectivity index (χ4n) is 4.08. The molecule has 2 aromatic rings. The third kappa shape index (κ3) is 6.32. The molecule has 2 heterocycles. The van der Waals surface area contributed by atoms with Gasteiger partial charge in [0.15, 0.2) is 5.69 Å². The van der Waals surface area contributed by atoms with Crippen LogP contribution in [-0.4, -0.2) is 26.6 Å². The average Bonchev–Trinajstić information content (AvgIpc) is 3.02. The quantitative estimate of drug-likeness (QED) is 0.395. The Morgan fingerprint density at radius 3 is 2.40 bits per heavy atom. The first-order valence-electron chi connectivity index (χ1n) is 12.2. The van der Waals surface area contributed by atoms with Crippen molar-refractivity contribution in [2.75, 3.05) is 17.2 Å². The molecule has 9 heteroatoms. The molecule has 0 saturated heterocycles. The molecule has 0 saturated carbocycles. The molecule has 9 nitrogen and oxygen atoms in total. The number of unbranched alkanes of at least 4 members (excludes halogenated alkanes) is 1. The summed E-state index contributed by atoms with van der Waals surface area (Å²) < 4.78 is 3.43. The van der Waals surface area contributed by atoms with Crippen LogP contribution >= 0.6 is 0 Å². The third-order valence-electron chi connectivity index (χ3n) is 5.82. The van der Waals surface area contributed by atoms with Crippen LogP contribution in [-0.2, 0) is 17.9 Å². The number of carbonyl (C=O) groups excluding carboxylic acids is 1. The summed E-state index contributed by atoms with van der Waals surface area (Å²) in [6.07, 6.45) is 3.07. The van der Waals surface area contributed by atoms with Crippen molar-refractivity contribution in [3.8, 4) is 6.07 Å². The topological polar surface area (TPSA) is 130 Å². The summed E-state index contributed by atoms with van der Waals surface area (Å²) >= 11 is 0. The lowest BCUT2D eigenvalue weighted by atomic mass is 10.1. The van der Waals surface area contributed by atoms with Crippen molar-refractivity contribution in [3.05, 3.63) is 49.4 Å². The molecule has 2 aromatic heterocycles. The highest BCUT2D eigenvalue weighted by molar-refractivity contribution is 6.12. The van der Waals surface area contributed by atoms with E-state index in [0.29, 0.717) is 18.9 Å². The first kappa shape index (κ1) is 27.7. The van der Waals surface area contributed by atoms with E-state index in [2.05, 4.69) is 23.4 Å². The number of hydrogen-bond donors (Lipinski definition) is 2. The number of aromatic amines is 1. The fourth-order valence-corrected chi connectivity index (χ4v) is 4.08. The Bertz CT molecular complexity index is 1250. The van der Waals surface area contributed by atoms with Crippen molar-refractivity contribution in [1.29, 1.82) is 5.26 Å². The molecule has 0 unspecified atom stereocenters. The van der Waals surface area contributed by atoms with Crippen molar-refractivity contribution in [1.82, 2.24) is 14.1 Å². The van der Waals surface area contributed by atoms with Crippen LogP contribution in [0.2, 0.25) is 0 Å². The Hall–Kier alpha value is -3.54. The first-order chi connectivity index (χ1) is 16.4. The lowest BCUT2D eigenvalue weighted by Crippen LogP contribution is -2.43. The zero-order valence-electron chi connectivity index (χ0n) is 21.9. The fraction of sp³-hybridized carbons (Fsp3) is 0.538. The molecule has 3 N–H and O–H groups in total. The Kier molecular flexibility index (Phi) is 9.29. The minimum atomic E-state index is -0.748. The largest absolute Gasteiger partial charge is 0.383 e. The maximum Gasteiger partial charge on any atom is 0.330 e. The maximum atomic E-state index is 13.6. The van der Waals surface area contributed by atoms with E-state index in [1.165, 1.54) is 9.47 Å². The van der Waals surface area contributed by atoms with Gasteiger partial charge in [0.05, 0.1) is 0 Å². The molecule has 1 amide bonds. The predicted octanol–water partition coefficient (Wildman–Crippen LogP) is 3.59. The van der Waals surface area contributed by atoms with Crippen LogP contribution in [0, 0.1) is 37.0 Å². The molecular weight excluding hydrogens is 444 g/mol. The van der Waals surface area contributed by atoms with Crippen LogP contribution in [0.3, 0.4) is 0 Å². The summed E-state index contributed by atoms with van der Waals surface area (Å²) in [6, 6.07) is 3.95. The standard InChI is InChI=1S/C26H38N6O3/c1-8-9-10-30-23(28)22(24(33)29-26(30)35)32(15-17(4)5)25(34)21(13-27)12-20-11-18(6)31(19(20)7)14-16(2)3/h11-12,16-17H,8-10,14-15,28H2,1-7H3,(H,29,33,35)/b21-12+. The molecule has 2 rings (SSSR count). The van der Waals surface area contributed by atoms with E-state index >= 15 is 0 Å². The highest BCUT2D eigenvalue weighted by atomic mass is 16.2. The zero-order valence-corrected chi connectivity index (χ0v) is 21.9. The smallest absolute Gasteiger partial charge is 0.330 e. The summed E-state index contributed by atoms with van der Waals surface area (Å²) in [5, 5.41) is 9.91. The van der Waals surface area contributed by atoms with E-state index in [4.69, 9.17) is 5.73 Å². The van der Waals surface area contributed by atoms with Crippen molar-refractivity contribution in [2.45, 2.75) is 74.4 Å². The molecule has 190 valence electrons. The molecular formula is C26H38N6O3. The lowest BCUT2D eigenvalue weighted by molar-refractivity contribution is -0.114. The van der Waals surface area contributed by atoms with Gasteiger partial charge in [0.1, 0.15) is 17.5 Å². The summed E-state index contributed by atoms with van der Waals surface area (Å²) in [5.41, 5.74) is 7.45. The molecule has 0 bridgehead atoms. The summed E-state index contributed by atoms with van der Waals surface area (Å²) in [7, 11) is 0. The zero-order chi connectivity index (χ0) is 26.4. The summed E-state index contributed by atoms with van der Waals surface area (Å²) in [5.74, 6) is -0.292. The highest BCUT2D eigenvalue weighted by Crippen LogP contribution is 2.24. The van der Waals surface area contributed by atoms with Crippen LogP contribution in [0.4, 0.5) is 11.5 Å². The van der Waals surface area contributed by atoms with Gasteiger partial charge in [-0.1, -0.05) is 41.0 Å². The molecule has 0 spiro atoms. The number of nitrogens with one attached hydrogen (secondary N) is 1. The van der Waals surface area contributed by atoms with Crippen LogP contribution in [0.1, 0.15) is 64.4 Å². The number of anilines is 2. The Morgan fingerprint density at radius 2 is 1.86 bits per heavy atom. The second-order valence-corrected chi connectivity index (χ2v) is 9.81. The van der Waals surface area contributed by atoms with Crippen LogP contribution in [0.5, 0.6) is 0 Å². The second kappa shape index (κ2) is 11.7. The second-order valence-electron chi connectivity index (χ2n) is 9.81. The summed E-state index contributed by atoms with van der Waals surface area (Å²) in [4.78, 5) is 42.4. The lowest BCUT2D eigenvalue weighted by Gasteiger charge is -2.26. The van der Waals surface area contributed by atoms with Gasteiger partial charge in [-0.05, 0) is 49.8 Å². The van der Waals surface area contributed by atoms with Gasteiger partial charge < -0.3 is 10.3 Å². The number of carbonyl (C=O) groups is 1. The van der Waals surface area contributed by atoms with E-state index in [1.807, 2.05) is 46.8 Å². The van der Waals surface area contributed by atoms with E-state index < -0.39 is 17.2 Å². The van der Waals surface area contributed by atoms with E-state index in [0.717, 1.165) is 29.9 Å². The molecule has 0 fully saturated rings. The Balaban J connectivity index is 2.64. The number of nitriles is 1. The highest BCUT2D eigenvalue weighted by Gasteiger charge is 2.27. The third-order valence-corrected chi connectivity index (χ3v) is 5.82. The minimum absolute atomic E-state index is 0.0233. The van der Waals surface area contributed by atoms with Gasteiger partial charge in [-0.3, -0.25) is 24.0 Å². The molecule has 0 aromatic carbocycles. The number of nitrogens with two attached hydrogens (primary N) is 1. The number of amides is 1. The predicted molar refractivity (Wildman–Crippen MR) is 140 cm³/mol. The minimum Gasteiger partial charge on any atom is -0.383 e.